The third-order valence-electron chi connectivity index (χ3n) is 2.49. The normalized spacial score (nSPS) is 10.2. The summed E-state index contributed by atoms with van der Waals surface area (Å²) in [6.07, 6.45) is 1.80. The van der Waals surface area contributed by atoms with E-state index in [0.29, 0.717) is 11.6 Å². The van der Waals surface area contributed by atoms with Gasteiger partial charge in [-0.05, 0) is 19.1 Å². The number of hydrogen-bond donors (Lipinski definition) is 2. The maximum absolute atomic E-state index is 12.9. The number of halogens is 1. The summed E-state index contributed by atoms with van der Waals surface area (Å²) in [6.45, 7) is 2.02. The summed E-state index contributed by atoms with van der Waals surface area (Å²) in [4.78, 5) is 11.6. The Balaban J connectivity index is 1.77. The summed E-state index contributed by atoms with van der Waals surface area (Å²) in [5.74, 6) is 0.431. The molecule has 0 unspecified atom stereocenters. The van der Waals surface area contributed by atoms with Crippen molar-refractivity contribution in [2.24, 2.45) is 0 Å². The first-order valence-electron chi connectivity index (χ1n) is 5.83. The zero-order chi connectivity index (χ0) is 13.7. The first kappa shape index (κ1) is 13.1. The van der Waals surface area contributed by atoms with Crippen molar-refractivity contribution in [3.05, 3.63) is 41.8 Å². The highest BCUT2D eigenvalue weighted by atomic mass is 19.1. The predicted molar refractivity (Wildman–Crippen MR) is 68.5 cm³/mol. The van der Waals surface area contributed by atoms with Crippen LogP contribution in [0.5, 0.6) is 5.75 Å². The van der Waals surface area contributed by atoms with Crippen LogP contribution in [0, 0.1) is 12.7 Å². The minimum absolute atomic E-state index is 0.176. The van der Waals surface area contributed by atoms with Gasteiger partial charge in [0.1, 0.15) is 17.4 Å². The molecule has 0 fully saturated rings. The highest BCUT2D eigenvalue weighted by molar-refractivity contribution is 5.90. The fourth-order valence-corrected chi connectivity index (χ4v) is 1.49. The monoisotopic (exact) mass is 263 g/mol. The van der Waals surface area contributed by atoms with Crippen LogP contribution in [0.15, 0.2) is 30.5 Å². The van der Waals surface area contributed by atoms with Gasteiger partial charge < -0.3 is 10.1 Å². The van der Waals surface area contributed by atoms with Crippen LogP contribution in [0.4, 0.5) is 10.2 Å². The van der Waals surface area contributed by atoms with E-state index in [1.807, 2.05) is 6.92 Å². The fourth-order valence-electron chi connectivity index (χ4n) is 1.49. The lowest BCUT2D eigenvalue weighted by Crippen LogP contribution is -2.16. The molecule has 100 valence electrons. The molecular weight excluding hydrogens is 249 g/mol. The Morgan fingerprint density at radius 2 is 2.37 bits per heavy atom. The molecule has 0 bridgehead atoms. The lowest BCUT2D eigenvalue weighted by atomic mass is 10.3. The Hall–Kier alpha value is -2.37. The molecular formula is C13H14FN3O2. The Kier molecular flexibility index (Phi) is 4.12. The number of nitrogens with zero attached hydrogens (tertiary/aromatic N) is 1. The largest absolute Gasteiger partial charge is 0.493 e. The molecule has 0 radical (unpaired) electrons. The molecule has 5 nitrogen and oxygen atoms in total. The zero-order valence-electron chi connectivity index (χ0n) is 10.4. The molecule has 2 N–H and O–H groups in total. The lowest BCUT2D eigenvalue weighted by molar-refractivity contribution is -0.116. The molecule has 0 saturated heterocycles. The number of anilines is 1. The number of aryl methyl sites for hydroxylation is 1. The zero-order valence-corrected chi connectivity index (χ0v) is 10.4. The minimum Gasteiger partial charge on any atom is -0.493 e. The third kappa shape index (κ3) is 3.80. The molecule has 1 aromatic heterocycles. The molecule has 0 spiro atoms. The van der Waals surface area contributed by atoms with Gasteiger partial charge in [-0.2, -0.15) is 5.10 Å². The molecule has 1 aromatic carbocycles. The number of aromatic amines is 1. The van der Waals surface area contributed by atoms with E-state index in [-0.39, 0.29) is 24.8 Å². The van der Waals surface area contributed by atoms with E-state index >= 15 is 0 Å². The number of carbonyl (C=O) groups is 1. The topological polar surface area (TPSA) is 67.0 Å². The van der Waals surface area contributed by atoms with Crippen LogP contribution in [0.1, 0.15) is 12.0 Å². The van der Waals surface area contributed by atoms with Gasteiger partial charge in [-0.25, -0.2) is 4.39 Å². The van der Waals surface area contributed by atoms with Gasteiger partial charge in [-0.3, -0.25) is 9.89 Å². The molecule has 6 heteroatoms. The van der Waals surface area contributed by atoms with Crippen molar-refractivity contribution in [3.8, 4) is 5.75 Å². The quantitative estimate of drug-likeness (QED) is 0.869. The van der Waals surface area contributed by atoms with E-state index in [9.17, 15) is 9.18 Å². The average molecular weight is 263 g/mol. The van der Waals surface area contributed by atoms with Crippen molar-refractivity contribution in [2.75, 3.05) is 11.9 Å². The van der Waals surface area contributed by atoms with Crippen LogP contribution in [0.3, 0.4) is 0 Å². The van der Waals surface area contributed by atoms with E-state index < -0.39 is 0 Å². The van der Waals surface area contributed by atoms with Gasteiger partial charge in [0.25, 0.3) is 0 Å². The maximum atomic E-state index is 12.9. The summed E-state index contributed by atoms with van der Waals surface area (Å²) in [5.41, 5.74) is 0.861. The second-order valence-corrected chi connectivity index (χ2v) is 4.03. The third-order valence-corrected chi connectivity index (χ3v) is 2.49. The number of nitrogens with one attached hydrogen (secondary N) is 2. The molecule has 2 rings (SSSR count). The van der Waals surface area contributed by atoms with Gasteiger partial charge >= 0.3 is 0 Å². The highest BCUT2D eigenvalue weighted by Gasteiger charge is 2.06. The van der Waals surface area contributed by atoms with Crippen molar-refractivity contribution < 1.29 is 13.9 Å². The number of benzene rings is 1. The number of aromatic nitrogens is 2. The van der Waals surface area contributed by atoms with Gasteiger partial charge in [0, 0.05) is 11.6 Å². The molecule has 0 atom stereocenters. The fraction of sp³-hybridized carbons (Fsp3) is 0.231. The molecule has 19 heavy (non-hydrogen) atoms. The van der Waals surface area contributed by atoms with Crippen molar-refractivity contribution >= 4 is 11.7 Å². The summed E-state index contributed by atoms with van der Waals surface area (Å²) in [5, 5.41) is 9.16. The summed E-state index contributed by atoms with van der Waals surface area (Å²) in [6, 6.07) is 5.80. The molecule has 0 aliphatic carbocycles. The molecule has 0 aliphatic rings. The molecule has 0 aliphatic heterocycles. The molecule has 2 aromatic rings. The van der Waals surface area contributed by atoms with Gasteiger partial charge in [0.2, 0.25) is 5.91 Å². The van der Waals surface area contributed by atoms with E-state index in [4.69, 9.17) is 4.74 Å². The van der Waals surface area contributed by atoms with Crippen molar-refractivity contribution in [1.29, 1.82) is 0 Å². The standard InChI is InChI=1S/C13H14FN3O2/c1-9-8-15-17-13(9)16-12(18)5-6-19-11-4-2-3-10(14)7-11/h2-4,7-8H,5-6H2,1H3,(H2,15,16,17,18). The van der Waals surface area contributed by atoms with Crippen LogP contribution >= 0.6 is 0 Å². The second-order valence-electron chi connectivity index (χ2n) is 4.03. The van der Waals surface area contributed by atoms with E-state index in [1.165, 1.54) is 12.1 Å². The summed E-state index contributed by atoms with van der Waals surface area (Å²) in [7, 11) is 0. The summed E-state index contributed by atoms with van der Waals surface area (Å²) >= 11 is 0. The van der Waals surface area contributed by atoms with Crippen LogP contribution in [-0.2, 0) is 4.79 Å². The molecule has 0 saturated carbocycles. The van der Waals surface area contributed by atoms with Crippen LogP contribution in [0.2, 0.25) is 0 Å². The summed E-state index contributed by atoms with van der Waals surface area (Å²) < 4.78 is 18.2. The predicted octanol–water partition coefficient (Wildman–Crippen LogP) is 2.26. The van der Waals surface area contributed by atoms with E-state index in [0.717, 1.165) is 5.56 Å². The number of amides is 1. The Labute approximate surface area is 109 Å². The smallest absolute Gasteiger partial charge is 0.228 e. The number of H-pyrrole nitrogens is 1. The minimum atomic E-state index is -0.366. The number of hydrogen-bond acceptors (Lipinski definition) is 3. The van der Waals surface area contributed by atoms with Crippen molar-refractivity contribution in [2.45, 2.75) is 13.3 Å². The molecule has 1 heterocycles. The average Bonchev–Trinajstić information content (AvgIpc) is 2.75. The van der Waals surface area contributed by atoms with Gasteiger partial charge in [0.05, 0.1) is 19.2 Å². The Bertz CT molecular complexity index is 569. The van der Waals surface area contributed by atoms with E-state index in [2.05, 4.69) is 15.5 Å². The number of ether oxygens (including phenoxy) is 1. The van der Waals surface area contributed by atoms with Crippen molar-refractivity contribution in [3.63, 3.8) is 0 Å². The lowest BCUT2D eigenvalue weighted by Gasteiger charge is -2.06. The first-order valence-corrected chi connectivity index (χ1v) is 5.83. The highest BCUT2D eigenvalue weighted by Crippen LogP contribution is 2.12. The second kappa shape index (κ2) is 5.99. The molecule has 1 amide bonds. The van der Waals surface area contributed by atoms with Gasteiger partial charge in [-0.1, -0.05) is 6.07 Å². The van der Waals surface area contributed by atoms with Crippen LogP contribution in [-0.4, -0.2) is 22.7 Å². The van der Waals surface area contributed by atoms with Crippen LogP contribution in [0.25, 0.3) is 0 Å². The van der Waals surface area contributed by atoms with E-state index in [1.54, 1.807) is 18.3 Å². The van der Waals surface area contributed by atoms with Crippen molar-refractivity contribution in [1.82, 2.24) is 10.2 Å². The number of rotatable bonds is 5. The first-order chi connectivity index (χ1) is 9.15. The number of carbonyl (C=O) groups excluding carboxylic acids is 1. The van der Waals surface area contributed by atoms with Gasteiger partial charge in [0.15, 0.2) is 0 Å². The maximum Gasteiger partial charge on any atom is 0.228 e. The van der Waals surface area contributed by atoms with Gasteiger partial charge in [-0.15, -0.1) is 0 Å². The SMILES string of the molecule is Cc1cn[nH]c1NC(=O)CCOc1cccc(F)c1. The Morgan fingerprint density at radius 3 is 3.05 bits per heavy atom. The Morgan fingerprint density at radius 1 is 1.53 bits per heavy atom. The van der Waals surface area contributed by atoms with Crippen LogP contribution < -0.4 is 10.1 Å².